The number of hydrogen-bond donors (Lipinski definition) is 2. The van der Waals surface area contributed by atoms with Crippen LogP contribution in [0.1, 0.15) is 27.3 Å². The topological polar surface area (TPSA) is 83.4 Å². The van der Waals surface area contributed by atoms with Crippen LogP contribution in [0.15, 0.2) is 54.0 Å². The van der Waals surface area contributed by atoms with Gasteiger partial charge in [-0.25, -0.2) is 0 Å². The van der Waals surface area contributed by atoms with Crippen LogP contribution < -0.4 is 10.6 Å². The Morgan fingerprint density at radius 3 is 2.80 bits per heavy atom. The Labute approximate surface area is 177 Å². The van der Waals surface area contributed by atoms with Crippen LogP contribution in [0.5, 0.6) is 0 Å². The van der Waals surface area contributed by atoms with Crippen molar-refractivity contribution in [2.75, 3.05) is 11.9 Å². The highest BCUT2D eigenvalue weighted by Crippen LogP contribution is 2.33. The molecule has 0 bridgehead atoms. The van der Waals surface area contributed by atoms with E-state index in [0.29, 0.717) is 29.9 Å². The van der Waals surface area contributed by atoms with Gasteiger partial charge in [-0.1, -0.05) is 12.1 Å². The third-order valence-electron chi connectivity index (χ3n) is 5.69. The molecular formula is C22H20N4O3S. The van der Waals surface area contributed by atoms with E-state index >= 15 is 0 Å². The summed E-state index contributed by atoms with van der Waals surface area (Å²) in [5.41, 5.74) is 2.49. The molecule has 1 aromatic carbocycles. The van der Waals surface area contributed by atoms with Gasteiger partial charge in [0.2, 0.25) is 5.91 Å². The number of fused-ring (bicyclic) bond motifs is 2. The summed E-state index contributed by atoms with van der Waals surface area (Å²) >= 11 is 1.60. The number of carbonyl (C=O) groups excluding carboxylic acids is 3. The van der Waals surface area contributed by atoms with Gasteiger partial charge >= 0.3 is 0 Å². The largest absolute Gasteiger partial charge is 0.347 e. The number of nitrogens with zero attached hydrogens (tertiary/aromatic N) is 2. The summed E-state index contributed by atoms with van der Waals surface area (Å²) in [5.74, 6) is -0.623. The van der Waals surface area contributed by atoms with Crippen LogP contribution in [0, 0.1) is 0 Å². The number of thiophene rings is 1. The highest BCUT2D eigenvalue weighted by Gasteiger charge is 2.43. The summed E-state index contributed by atoms with van der Waals surface area (Å²) in [6.07, 6.45) is 2.19. The van der Waals surface area contributed by atoms with E-state index in [1.54, 1.807) is 52.2 Å². The molecule has 0 saturated carbocycles. The maximum Gasteiger partial charge on any atom is 0.268 e. The lowest BCUT2D eigenvalue weighted by Crippen LogP contribution is -2.41. The minimum atomic E-state index is -0.603. The minimum absolute atomic E-state index is 0.192. The molecule has 7 nitrogen and oxygen atoms in total. The average Bonchev–Trinajstić information content (AvgIpc) is 3.47. The van der Waals surface area contributed by atoms with E-state index in [-0.39, 0.29) is 23.8 Å². The Kier molecular flexibility index (Phi) is 4.43. The van der Waals surface area contributed by atoms with Crippen molar-refractivity contribution in [3.63, 3.8) is 0 Å². The van der Waals surface area contributed by atoms with Gasteiger partial charge in [0.25, 0.3) is 11.8 Å². The Morgan fingerprint density at radius 2 is 2.07 bits per heavy atom. The number of aromatic nitrogens is 1. The third-order valence-corrected chi connectivity index (χ3v) is 6.61. The van der Waals surface area contributed by atoms with Crippen LogP contribution in [0.3, 0.4) is 0 Å². The minimum Gasteiger partial charge on any atom is -0.347 e. The molecular weight excluding hydrogens is 400 g/mol. The number of aryl methyl sites for hydroxylation is 1. The smallest absolute Gasteiger partial charge is 0.268 e. The predicted octanol–water partition coefficient (Wildman–Crippen LogP) is 2.72. The first-order chi connectivity index (χ1) is 14.5. The first-order valence-electron chi connectivity index (χ1n) is 9.73. The molecule has 0 radical (unpaired) electrons. The molecule has 1 fully saturated rings. The van der Waals surface area contributed by atoms with Gasteiger partial charge in [-0.05, 0) is 47.7 Å². The van der Waals surface area contributed by atoms with Gasteiger partial charge in [0.1, 0.15) is 11.7 Å². The Balaban J connectivity index is 1.40. The monoisotopic (exact) mass is 420 g/mol. The zero-order valence-corrected chi connectivity index (χ0v) is 17.1. The second-order valence-corrected chi connectivity index (χ2v) is 8.56. The fourth-order valence-corrected chi connectivity index (χ4v) is 4.89. The van der Waals surface area contributed by atoms with Crippen LogP contribution in [-0.2, 0) is 11.8 Å². The first kappa shape index (κ1) is 18.6. The number of benzene rings is 1. The molecule has 30 heavy (non-hydrogen) atoms. The Morgan fingerprint density at radius 1 is 1.20 bits per heavy atom. The molecule has 2 aliphatic rings. The lowest BCUT2D eigenvalue weighted by atomic mass is 10.1. The molecule has 5 rings (SSSR count). The Hall–Kier alpha value is -3.39. The number of carbonyl (C=O) groups is 3. The molecule has 152 valence electrons. The van der Waals surface area contributed by atoms with Gasteiger partial charge < -0.3 is 20.1 Å². The molecule has 2 aliphatic heterocycles. The van der Waals surface area contributed by atoms with Crippen molar-refractivity contribution in [1.29, 1.82) is 0 Å². The van der Waals surface area contributed by atoms with E-state index in [1.165, 1.54) is 0 Å². The van der Waals surface area contributed by atoms with Crippen LogP contribution in [0.2, 0.25) is 0 Å². The number of hydrogen-bond acceptors (Lipinski definition) is 4. The van der Waals surface area contributed by atoms with E-state index in [1.807, 2.05) is 29.6 Å². The number of amides is 3. The van der Waals surface area contributed by atoms with E-state index in [2.05, 4.69) is 10.6 Å². The fourth-order valence-electron chi connectivity index (χ4n) is 4.17. The predicted molar refractivity (Wildman–Crippen MR) is 114 cm³/mol. The van der Waals surface area contributed by atoms with E-state index in [4.69, 9.17) is 0 Å². The fraction of sp³-hybridized carbons (Fsp3) is 0.227. The molecule has 3 amide bonds. The highest BCUT2D eigenvalue weighted by molar-refractivity contribution is 7.13. The number of anilines is 1. The van der Waals surface area contributed by atoms with Gasteiger partial charge in [-0.15, -0.1) is 11.3 Å². The number of rotatable bonds is 3. The van der Waals surface area contributed by atoms with Gasteiger partial charge in [0.15, 0.2) is 0 Å². The van der Waals surface area contributed by atoms with Crippen LogP contribution in [0.25, 0.3) is 10.4 Å². The quantitative estimate of drug-likeness (QED) is 0.683. The normalized spacial score (nSPS) is 20.4. The van der Waals surface area contributed by atoms with Gasteiger partial charge in [-0.3, -0.25) is 14.4 Å². The maximum atomic E-state index is 13.3. The summed E-state index contributed by atoms with van der Waals surface area (Å²) in [5, 5.41) is 7.85. The lowest BCUT2D eigenvalue weighted by Gasteiger charge is -2.20. The SMILES string of the molecule is Cn1cccc1C(=O)N[C@H]1C[C@H]2C(=O)Nc3ccc(-c4cccs4)cc3C(=O)N2C1. The van der Waals surface area contributed by atoms with Gasteiger partial charge in [-0.2, -0.15) is 0 Å². The van der Waals surface area contributed by atoms with Crippen molar-refractivity contribution in [2.45, 2.75) is 18.5 Å². The van der Waals surface area contributed by atoms with Crippen molar-refractivity contribution >= 4 is 34.7 Å². The lowest BCUT2D eigenvalue weighted by molar-refractivity contribution is -0.119. The summed E-state index contributed by atoms with van der Waals surface area (Å²) in [6.45, 7) is 0.301. The van der Waals surface area contributed by atoms with E-state index in [0.717, 1.165) is 10.4 Å². The van der Waals surface area contributed by atoms with Gasteiger partial charge in [0, 0.05) is 30.7 Å². The Bertz CT molecular complexity index is 1150. The van der Waals surface area contributed by atoms with Crippen molar-refractivity contribution in [3.8, 4) is 10.4 Å². The zero-order chi connectivity index (χ0) is 20.8. The molecule has 2 atom stereocenters. The second kappa shape index (κ2) is 7.14. The summed E-state index contributed by atoms with van der Waals surface area (Å²) in [7, 11) is 1.80. The molecule has 2 aromatic heterocycles. The van der Waals surface area contributed by atoms with E-state index < -0.39 is 6.04 Å². The average molecular weight is 420 g/mol. The van der Waals surface area contributed by atoms with E-state index in [9.17, 15) is 14.4 Å². The molecule has 1 saturated heterocycles. The molecule has 8 heteroatoms. The summed E-state index contributed by atoms with van der Waals surface area (Å²) in [4.78, 5) is 41.3. The summed E-state index contributed by atoms with van der Waals surface area (Å²) in [6, 6.07) is 12.2. The van der Waals surface area contributed by atoms with Crippen LogP contribution in [0.4, 0.5) is 5.69 Å². The molecule has 0 unspecified atom stereocenters. The molecule has 3 aromatic rings. The highest BCUT2D eigenvalue weighted by atomic mass is 32.1. The van der Waals surface area contributed by atoms with Crippen molar-refractivity contribution in [2.24, 2.45) is 7.05 Å². The van der Waals surface area contributed by atoms with Crippen molar-refractivity contribution in [3.05, 3.63) is 65.3 Å². The second-order valence-electron chi connectivity index (χ2n) is 7.61. The third kappa shape index (κ3) is 3.09. The molecule has 4 heterocycles. The maximum absolute atomic E-state index is 13.3. The van der Waals surface area contributed by atoms with Crippen LogP contribution in [-0.4, -0.2) is 45.8 Å². The molecule has 0 spiro atoms. The summed E-state index contributed by atoms with van der Waals surface area (Å²) < 4.78 is 1.74. The van der Waals surface area contributed by atoms with Crippen LogP contribution >= 0.6 is 11.3 Å². The van der Waals surface area contributed by atoms with Gasteiger partial charge in [0.05, 0.1) is 11.3 Å². The first-order valence-corrected chi connectivity index (χ1v) is 10.6. The standard InChI is InChI=1S/C22H20N4O3S/c1-25-8-2-4-17(25)20(27)23-14-11-18-21(28)24-16-7-6-13(19-5-3-9-30-19)10-15(16)22(29)26(18)12-14/h2-10,14,18H,11-12H2,1H3,(H,23,27)(H,24,28)/t14-,18-/m0/s1. The van der Waals surface area contributed by atoms with Crippen molar-refractivity contribution < 1.29 is 14.4 Å². The number of nitrogens with one attached hydrogen (secondary N) is 2. The zero-order valence-electron chi connectivity index (χ0n) is 16.3. The molecule has 0 aliphatic carbocycles. The van der Waals surface area contributed by atoms with Crippen molar-refractivity contribution in [1.82, 2.24) is 14.8 Å². The molecule has 2 N–H and O–H groups in total.